The van der Waals surface area contributed by atoms with Crippen LogP contribution in [0.3, 0.4) is 0 Å². The SMILES string of the molecule is Cc1nc(CC(=O)Nc2ccc(F)cc2C(=O)O)cs1. The van der Waals surface area contributed by atoms with E-state index in [2.05, 4.69) is 10.3 Å². The standard InChI is InChI=1S/C13H11FN2O3S/c1-7-15-9(6-20-7)5-12(17)16-11-3-2-8(14)4-10(11)13(18)19/h2-4,6H,5H2,1H3,(H,16,17)(H,18,19). The molecule has 0 aliphatic rings. The number of aryl methyl sites for hydroxylation is 1. The number of hydrogen-bond acceptors (Lipinski definition) is 4. The van der Waals surface area contributed by atoms with E-state index >= 15 is 0 Å². The van der Waals surface area contributed by atoms with Crippen LogP contribution in [0.15, 0.2) is 23.6 Å². The Hall–Kier alpha value is -2.28. The summed E-state index contributed by atoms with van der Waals surface area (Å²) in [7, 11) is 0. The van der Waals surface area contributed by atoms with Crippen LogP contribution in [0.5, 0.6) is 0 Å². The third-order valence-electron chi connectivity index (χ3n) is 2.49. The fourth-order valence-corrected chi connectivity index (χ4v) is 2.26. The van der Waals surface area contributed by atoms with E-state index < -0.39 is 17.7 Å². The number of amides is 1. The summed E-state index contributed by atoms with van der Waals surface area (Å²) >= 11 is 1.43. The topological polar surface area (TPSA) is 79.3 Å². The summed E-state index contributed by atoms with van der Waals surface area (Å²) in [4.78, 5) is 27.0. The van der Waals surface area contributed by atoms with Gasteiger partial charge in [-0.05, 0) is 25.1 Å². The van der Waals surface area contributed by atoms with Crippen molar-refractivity contribution in [2.45, 2.75) is 13.3 Å². The molecule has 0 spiro atoms. The first-order valence-corrected chi connectivity index (χ1v) is 6.57. The highest BCUT2D eigenvalue weighted by Crippen LogP contribution is 2.18. The van der Waals surface area contributed by atoms with Crippen LogP contribution in [0.2, 0.25) is 0 Å². The number of carboxylic acid groups (broad SMARTS) is 1. The minimum absolute atomic E-state index is 0.0424. The number of hydrogen-bond donors (Lipinski definition) is 2. The van der Waals surface area contributed by atoms with Crippen LogP contribution in [-0.2, 0) is 11.2 Å². The van der Waals surface area contributed by atoms with E-state index in [1.54, 1.807) is 5.38 Å². The van der Waals surface area contributed by atoms with Gasteiger partial charge in [-0.1, -0.05) is 0 Å². The molecule has 7 heteroatoms. The normalized spacial score (nSPS) is 10.3. The summed E-state index contributed by atoms with van der Waals surface area (Å²) in [5.41, 5.74) is 0.396. The Morgan fingerprint density at radius 3 is 2.80 bits per heavy atom. The molecule has 0 saturated heterocycles. The molecule has 0 unspecified atom stereocenters. The fraction of sp³-hybridized carbons (Fsp3) is 0.154. The number of aromatic nitrogens is 1. The van der Waals surface area contributed by atoms with Gasteiger partial charge < -0.3 is 10.4 Å². The highest BCUT2D eigenvalue weighted by atomic mass is 32.1. The molecule has 0 saturated carbocycles. The molecular weight excluding hydrogens is 283 g/mol. The predicted octanol–water partition coefficient (Wildman–Crippen LogP) is 2.47. The number of halogens is 1. The third-order valence-corrected chi connectivity index (χ3v) is 3.32. The number of anilines is 1. The van der Waals surface area contributed by atoms with Crippen molar-refractivity contribution >= 4 is 28.9 Å². The van der Waals surface area contributed by atoms with Gasteiger partial charge >= 0.3 is 5.97 Å². The van der Waals surface area contributed by atoms with Gasteiger partial charge in [0.05, 0.1) is 28.4 Å². The maximum Gasteiger partial charge on any atom is 0.337 e. The van der Waals surface area contributed by atoms with E-state index in [4.69, 9.17) is 5.11 Å². The van der Waals surface area contributed by atoms with Gasteiger partial charge in [-0.15, -0.1) is 11.3 Å². The average Bonchev–Trinajstić information content (AvgIpc) is 2.76. The second-order valence-electron chi connectivity index (χ2n) is 4.08. The van der Waals surface area contributed by atoms with Crippen LogP contribution >= 0.6 is 11.3 Å². The molecule has 104 valence electrons. The molecule has 0 aliphatic heterocycles. The van der Waals surface area contributed by atoms with Gasteiger partial charge in [-0.3, -0.25) is 4.79 Å². The van der Waals surface area contributed by atoms with E-state index in [9.17, 15) is 14.0 Å². The molecule has 0 fully saturated rings. The van der Waals surface area contributed by atoms with Crippen molar-refractivity contribution < 1.29 is 19.1 Å². The molecule has 20 heavy (non-hydrogen) atoms. The smallest absolute Gasteiger partial charge is 0.337 e. The van der Waals surface area contributed by atoms with E-state index in [1.165, 1.54) is 17.4 Å². The Bertz CT molecular complexity index is 669. The monoisotopic (exact) mass is 294 g/mol. The van der Waals surface area contributed by atoms with Crippen LogP contribution in [0.1, 0.15) is 21.1 Å². The van der Waals surface area contributed by atoms with Crippen molar-refractivity contribution in [1.29, 1.82) is 0 Å². The third kappa shape index (κ3) is 3.39. The number of aromatic carboxylic acids is 1. The van der Waals surface area contributed by atoms with Gasteiger partial charge in [0.15, 0.2) is 0 Å². The Morgan fingerprint density at radius 2 is 2.20 bits per heavy atom. The number of carbonyl (C=O) groups is 2. The van der Waals surface area contributed by atoms with Gasteiger partial charge in [0, 0.05) is 5.38 Å². The first-order valence-electron chi connectivity index (χ1n) is 5.69. The Labute approximate surface area is 118 Å². The molecule has 1 aromatic heterocycles. The van der Waals surface area contributed by atoms with E-state index in [-0.39, 0.29) is 17.7 Å². The van der Waals surface area contributed by atoms with Gasteiger partial charge in [0.2, 0.25) is 5.91 Å². The lowest BCUT2D eigenvalue weighted by molar-refractivity contribution is -0.115. The van der Waals surface area contributed by atoms with E-state index in [0.717, 1.165) is 17.1 Å². The number of carbonyl (C=O) groups excluding carboxylic acids is 1. The highest BCUT2D eigenvalue weighted by molar-refractivity contribution is 7.09. The summed E-state index contributed by atoms with van der Waals surface area (Å²) in [5, 5.41) is 14.0. The Balaban J connectivity index is 2.13. The van der Waals surface area contributed by atoms with Gasteiger partial charge in [0.25, 0.3) is 0 Å². The molecule has 0 bridgehead atoms. The van der Waals surface area contributed by atoms with Gasteiger partial charge in [0.1, 0.15) is 5.82 Å². The van der Waals surface area contributed by atoms with Crippen LogP contribution in [0, 0.1) is 12.7 Å². The Morgan fingerprint density at radius 1 is 1.45 bits per heavy atom. The van der Waals surface area contributed by atoms with Crippen LogP contribution < -0.4 is 5.32 Å². The molecule has 0 radical (unpaired) electrons. The van der Waals surface area contributed by atoms with E-state index in [0.29, 0.717) is 5.69 Å². The molecule has 0 atom stereocenters. The lowest BCUT2D eigenvalue weighted by Crippen LogP contribution is -2.17. The number of benzene rings is 1. The minimum Gasteiger partial charge on any atom is -0.478 e. The minimum atomic E-state index is -1.30. The molecule has 2 rings (SSSR count). The van der Waals surface area contributed by atoms with Gasteiger partial charge in [-0.2, -0.15) is 0 Å². The summed E-state index contributed by atoms with van der Waals surface area (Å²) in [6.07, 6.45) is 0.0424. The molecule has 2 aromatic rings. The maximum atomic E-state index is 13.0. The summed E-state index contributed by atoms with van der Waals surface area (Å²) < 4.78 is 13.0. The second-order valence-corrected chi connectivity index (χ2v) is 5.14. The van der Waals surface area contributed by atoms with Crippen LogP contribution in [0.4, 0.5) is 10.1 Å². The number of carboxylic acids is 1. The molecule has 1 heterocycles. The van der Waals surface area contributed by atoms with E-state index in [1.807, 2.05) is 6.92 Å². The summed E-state index contributed by atoms with van der Waals surface area (Å²) in [6, 6.07) is 3.18. The molecule has 5 nitrogen and oxygen atoms in total. The quantitative estimate of drug-likeness (QED) is 0.908. The fourth-order valence-electron chi connectivity index (χ4n) is 1.65. The largest absolute Gasteiger partial charge is 0.478 e. The molecular formula is C13H11FN2O3S. The number of nitrogens with one attached hydrogen (secondary N) is 1. The predicted molar refractivity (Wildman–Crippen MR) is 72.5 cm³/mol. The summed E-state index contributed by atoms with van der Waals surface area (Å²) in [6.45, 7) is 1.83. The second kappa shape index (κ2) is 5.79. The summed E-state index contributed by atoms with van der Waals surface area (Å²) in [5.74, 6) is -2.37. The van der Waals surface area contributed by atoms with Crippen molar-refractivity contribution in [3.8, 4) is 0 Å². The first kappa shape index (κ1) is 14.1. The first-order chi connectivity index (χ1) is 9.45. The lowest BCUT2D eigenvalue weighted by atomic mass is 10.1. The lowest BCUT2D eigenvalue weighted by Gasteiger charge is -2.07. The zero-order valence-electron chi connectivity index (χ0n) is 10.5. The molecule has 1 aromatic carbocycles. The number of rotatable bonds is 4. The molecule has 2 N–H and O–H groups in total. The molecule has 0 aliphatic carbocycles. The van der Waals surface area contributed by atoms with Crippen molar-refractivity contribution in [3.05, 3.63) is 45.7 Å². The average molecular weight is 294 g/mol. The molecule has 1 amide bonds. The zero-order chi connectivity index (χ0) is 14.7. The number of thiazole rings is 1. The van der Waals surface area contributed by atoms with Crippen molar-refractivity contribution in [1.82, 2.24) is 4.98 Å². The number of nitrogens with zero attached hydrogens (tertiary/aromatic N) is 1. The Kier molecular flexibility index (Phi) is 4.09. The van der Waals surface area contributed by atoms with Crippen molar-refractivity contribution in [2.24, 2.45) is 0 Å². The highest BCUT2D eigenvalue weighted by Gasteiger charge is 2.14. The van der Waals surface area contributed by atoms with Gasteiger partial charge in [-0.25, -0.2) is 14.2 Å². The zero-order valence-corrected chi connectivity index (χ0v) is 11.3. The van der Waals surface area contributed by atoms with Crippen molar-refractivity contribution in [3.63, 3.8) is 0 Å². The van der Waals surface area contributed by atoms with Crippen LogP contribution in [-0.4, -0.2) is 22.0 Å². The van der Waals surface area contributed by atoms with Crippen molar-refractivity contribution in [2.75, 3.05) is 5.32 Å². The maximum absolute atomic E-state index is 13.0. The van der Waals surface area contributed by atoms with Crippen LogP contribution in [0.25, 0.3) is 0 Å².